The predicted molar refractivity (Wildman–Crippen MR) is 65.4 cm³/mol. The molecule has 0 aromatic carbocycles. The number of rotatable bonds is 7. The van der Waals surface area contributed by atoms with E-state index in [-0.39, 0.29) is 5.41 Å². The van der Waals surface area contributed by atoms with Crippen LogP contribution in [0.1, 0.15) is 26.2 Å². The van der Waals surface area contributed by atoms with Crippen LogP contribution >= 0.6 is 0 Å². The van der Waals surface area contributed by atoms with Gasteiger partial charge in [-0.2, -0.15) is 0 Å². The maximum absolute atomic E-state index is 11.7. The molecular weight excluding hydrogens is 226 g/mol. The summed E-state index contributed by atoms with van der Waals surface area (Å²) >= 11 is 0. The van der Waals surface area contributed by atoms with E-state index in [9.17, 15) is 8.42 Å². The fourth-order valence-corrected chi connectivity index (χ4v) is 3.80. The average molecular weight is 249 g/mol. The number of ether oxygens (including phenoxy) is 1. The minimum absolute atomic E-state index is 0.0373. The monoisotopic (exact) mass is 249 g/mol. The maximum atomic E-state index is 11.7. The zero-order chi connectivity index (χ0) is 12.1. The second-order valence-corrected chi connectivity index (χ2v) is 7.04. The SMILES string of the molecule is CCCS(=O)(=O)CCC1(CNC)CCOC1. The molecule has 0 spiro atoms. The summed E-state index contributed by atoms with van der Waals surface area (Å²) in [6.07, 6.45) is 2.39. The second kappa shape index (κ2) is 5.98. The lowest BCUT2D eigenvalue weighted by Gasteiger charge is -2.26. The van der Waals surface area contributed by atoms with Crippen LogP contribution in [0.15, 0.2) is 0 Å². The fraction of sp³-hybridized carbons (Fsp3) is 1.00. The van der Waals surface area contributed by atoms with Crippen LogP contribution in [0.2, 0.25) is 0 Å². The van der Waals surface area contributed by atoms with Gasteiger partial charge in [0, 0.05) is 24.3 Å². The Morgan fingerprint density at radius 3 is 2.62 bits per heavy atom. The topological polar surface area (TPSA) is 55.4 Å². The molecule has 1 unspecified atom stereocenters. The number of sulfone groups is 1. The van der Waals surface area contributed by atoms with Gasteiger partial charge in [0.2, 0.25) is 0 Å². The van der Waals surface area contributed by atoms with E-state index in [2.05, 4.69) is 5.32 Å². The molecule has 1 saturated heterocycles. The largest absolute Gasteiger partial charge is 0.381 e. The van der Waals surface area contributed by atoms with E-state index in [1.165, 1.54) is 0 Å². The van der Waals surface area contributed by atoms with Crippen LogP contribution in [-0.2, 0) is 14.6 Å². The Balaban J connectivity index is 2.50. The summed E-state index contributed by atoms with van der Waals surface area (Å²) < 4.78 is 28.7. The summed E-state index contributed by atoms with van der Waals surface area (Å²) in [7, 11) is -0.956. The second-order valence-electron chi connectivity index (χ2n) is 4.73. The van der Waals surface area contributed by atoms with Gasteiger partial charge >= 0.3 is 0 Å². The molecular formula is C11H23NO3S. The van der Waals surface area contributed by atoms with Crippen molar-refractivity contribution in [2.75, 3.05) is 38.3 Å². The first-order valence-electron chi connectivity index (χ1n) is 5.96. The van der Waals surface area contributed by atoms with Crippen LogP contribution in [0.5, 0.6) is 0 Å². The van der Waals surface area contributed by atoms with Gasteiger partial charge in [0.15, 0.2) is 0 Å². The van der Waals surface area contributed by atoms with Crippen molar-refractivity contribution in [1.82, 2.24) is 5.32 Å². The molecule has 0 radical (unpaired) electrons. The quantitative estimate of drug-likeness (QED) is 0.726. The Bertz CT molecular complexity index is 294. The van der Waals surface area contributed by atoms with Crippen molar-refractivity contribution < 1.29 is 13.2 Å². The first-order valence-corrected chi connectivity index (χ1v) is 7.78. The van der Waals surface area contributed by atoms with Crippen molar-refractivity contribution in [1.29, 1.82) is 0 Å². The van der Waals surface area contributed by atoms with Crippen LogP contribution in [0.25, 0.3) is 0 Å². The summed E-state index contributed by atoms with van der Waals surface area (Å²) in [6, 6.07) is 0. The molecule has 0 aliphatic carbocycles. The zero-order valence-electron chi connectivity index (χ0n) is 10.3. The molecule has 0 bridgehead atoms. The van der Waals surface area contributed by atoms with E-state index in [0.29, 0.717) is 24.5 Å². The van der Waals surface area contributed by atoms with E-state index in [0.717, 1.165) is 26.0 Å². The Kier molecular flexibility index (Phi) is 5.21. The van der Waals surface area contributed by atoms with E-state index in [4.69, 9.17) is 4.74 Å². The smallest absolute Gasteiger partial charge is 0.150 e. The lowest BCUT2D eigenvalue weighted by Crippen LogP contribution is -2.35. The molecule has 5 heteroatoms. The highest BCUT2D eigenvalue weighted by Gasteiger charge is 2.35. The predicted octanol–water partition coefficient (Wildman–Crippen LogP) is 0.827. The molecule has 0 aromatic rings. The van der Waals surface area contributed by atoms with Crippen LogP contribution < -0.4 is 5.32 Å². The average Bonchev–Trinajstić information content (AvgIpc) is 2.65. The highest BCUT2D eigenvalue weighted by Crippen LogP contribution is 2.32. The van der Waals surface area contributed by atoms with Gasteiger partial charge in [-0.1, -0.05) is 6.92 Å². The Labute approximate surface area is 98.7 Å². The molecule has 1 heterocycles. The minimum Gasteiger partial charge on any atom is -0.381 e. The van der Waals surface area contributed by atoms with Crippen molar-refractivity contribution in [2.45, 2.75) is 26.2 Å². The van der Waals surface area contributed by atoms with Gasteiger partial charge in [0.1, 0.15) is 9.84 Å². The van der Waals surface area contributed by atoms with Gasteiger partial charge in [-0.05, 0) is 26.3 Å². The summed E-state index contributed by atoms with van der Waals surface area (Å²) in [6.45, 7) is 4.19. The Morgan fingerprint density at radius 2 is 2.12 bits per heavy atom. The van der Waals surface area contributed by atoms with E-state index in [1.807, 2.05) is 14.0 Å². The van der Waals surface area contributed by atoms with Crippen molar-refractivity contribution in [2.24, 2.45) is 5.41 Å². The lowest BCUT2D eigenvalue weighted by atomic mass is 9.84. The molecule has 1 aliphatic heterocycles. The highest BCUT2D eigenvalue weighted by molar-refractivity contribution is 7.91. The van der Waals surface area contributed by atoms with E-state index < -0.39 is 9.84 Å². The molecule has 16 heavy (non-hydrogen) atoms. The molecule has 1 N–H and O–H groups in total. The first kappa shape index (κ1) is 13.9. The number of nitrogens with one attached hydrogen (secondary N) is 1. The van der Waals surface area contributed by atoms with Crippen molar-refractivity contribution >= 4 is 9.84 Å². The van der Waals surface area contributed by atoms with Crippen molar-refractivity contribution in [3.05, 3.63) is 0 Å². The maximum Gasteiger partial charge on any atom is 0.150 e. The number of hydrogen-bond acceptors (Lipinski definition) is 4. The molecule has 0 aromatic heterocycles. The van der Waals surface area contributed by atoms with Gasteiger partial charge in [-0.3, -0.25) is 0 Å². The van der Waals surface area contributed by atoms with Crippen LogP contribution in [-0.4, -0.2) is 46.7 Å². The summed E-state index contributed by atoms with van der Waals surface area (Å²) in [5, 5.41) is 3.14. The highest BCUT2D eigenvalue weighted by atomic mass is 32.2. The van der Waals surface area contributed by atoms with Crippen LogP contribution in [0, 0.1) is 5.41 Å². The molecule has 0 saturated carbocycles. The van der Waals surface area contributed by atoms with E-state index >= 15 is 0 Å². The van der Waals surface area contributed by atoms with Crippen molar-refractivity contribution in [3.8, 4) is 0 Å². The Hall–Kier alpha value is -0.130. The molecule has 1 rings (SSSR count). The normalized spacial score (nSPS) is 26.1. The summed E-state index contributed by atoms with van der Waals surface area (Å²) in [5.74, 6) is 0.607. The third-order valence-electron chi connectivity index (χ3n) is 3.20. The van der Waals surface area contributed by atoms with Crippen molar-refractivity contribution in [3.63, 3.8) is 0 Å². The molecule has 96 valence electrons. The third-order valence-corrected chi connectivity index (χ3v) is 5.05. The van der Waals surface area contributed by atoms with Crippen LogP contribution in [0.4, 0.5) is 0 Å². The first-order chi connectivity index (χ1) is 7.54. The molecule has 1 atom stereocenters. The minimum atomic E-state index is -2.86. The Morgan fingerprint density at radius 1 is 1.38 bits per heavy atom. The molecule has 0 amide bonds. The van der Waals surface area contributed by atoms with Gasteiger partial charge in [0.05, 0.1) is 12.4 Å². The summed E-state index contributed by atoms with van der Waals surface area (Å²) in [5.41, 5.74) is 0.0373. The summed E-state index contributed by atoms with van der Waals surface area (Å²) in [4.78, 5) is 0. The number of hydrogen-bond donors (Lipinski definition) is 1. The van der Waals surface area contributed by atoms with Crippen LogP contribution in [0.3, 0.4) is 0 Å². The molecule has 1 fully saturated rings. The molecule has 4 nitrogen and oxygen atoms in total. The molecule has 1 aliphatic rings. The standard InChI is InChI=1S/C11H23NO3S/c1-3-7-16(13,14)8-5-11(9-12-2)4-6-15-10-11/h12H,3-10H2,1-2H3. The van der Waals surface area contributed by atoms with Gasteiger partial charge in [-0.25, -0.2) is 8.42 Å². The fourth-order valence-electron chi connectivity index (χ4n) is 2.23. The zero-order valence-corrected chi connectivity index (χ0v) is 11.1. The third kappa shape index (κ3) is 4.03. The van der Waals surface area contributed by atoms with Gasteiger partial charge < -0.3 is 10.1 Å². The van der Waals surface area contributed by atoms with E-state index in [1.54, 1.807) is 0 Å². The van der Waals surface area contributed by atoms with Gasteiger partial charge in [-0.15, -0.1) is 0 Å². The van der Waals surface area contributed by atoms with Gasteiger partial charge in [0.25, 0.3) is 0 Å². The lowest BCUT2D eigenvalue weighted by molar-refractivity contribution is 0.149.